The van der Waals surface area contributed by atoms with E-state index in [1.165, 1.54) is 24.3 Å². The van der Waals surface area contributed by atoms with E-state index in [0.717, 1.165) is 18.4 Å². The van der Waals surface area contributed by atoms with Crippen molar-refractivity contribution in [1.29, 1.82) is 0 Å². The van der Waals surface area contributed by atoms with Crippen LogP contribution in [0.2, 0.25) is 0 Å². The monoisotopic (exact) mass is 404 g/mol. The van der Waals surface area contributed by atoms with Crippen molar-refractivity contribution in [3.05, 3.63) is 63.6 Å². The molecule has 1 heterocycles. The molecule has 0 unspecified atom stereocenters. The first-order valence-corrected chi connectivity index (χ1v) is 8.74. The highest BCUT2D eigenvalue weighted by Gasteiger charge is 2.35. The maximum atomic E-state index is 13.9. The van der Waals surface area contributed by atoms with Crippen LogP contribution < -0.4 is 10.7 Å². The average Bonchev–Trinajstić information content (AvgIpc) is 3.39. The van der Waals surface area contributed by atoms with E-state index in [2.05, 4.69) is 26.0 Å². The first kappa shape index (κ1) is 16.2. The number of hydrogen-bond acceptors (Lipinski definition) is 3. The Morgan fingerprint density at radius 2 is 1.92 bits per heavy atom. The molecule has 25 heavy (non-hydrogen) atoms. The van der Waals surface area contributed by atoms with E-state index in [-0.39, 0.29) is 17.7 Å². The van der Waals surface area contributed by atoms with E-state index < -0.39 is 0 Å². The number of rotatable bonds is 2. The fourth-order valence-electron chi connectivity index (χ4n) is 3.08. The Kier molecular flexibility index (Phi) is 4.03. The molecule has 1 fully saturated rings. The smallest absolute Gasteiger partial charge is 0.154 e. The predicted octanol–water partition coefficient (Wildman–Crippen LogP) is 3.97. The van der Waals surface area contributed by atoms with Crippen molar-refractivity contribution < 1.29 is 8.78 Å². The minimum Gasteiger partial charge on any atom is -0.323 e. The molecule has 128 valence electrons. The number of aliphatic imine (C=N–C) groups is 1. The predicted molar refractivity (Wildman–Crippen MR) is 97.9 cm³/mol. The molecule has 1 aliphatic carbocycles. The number of hydrazone groups is 1. The Balaban J connectivity index is 1.89. The van der Waals surface area contributed by atoms with Crippen molar-refractivity contribution in [2.24, 2.45) is 15.9 Å². The number of nitrogens with zero attached hydrogens (tertiary/aromatic N) is 3. The molecule has 0 aromatic heterocycles. The molecule has 7 heteroatoms. The van der Waals surface area contributed by atoms with E-state index in [4.69, 9.17) is 5.84 Å². The minimum atomic E-state index is -0.349. The lowest BCUT2D eigenvalue weighted by Crippen LogP contribution is -2.37. The van der Waals surface area contributed by atoms with Gasteiger partial charge in [-0.2, -0.15) is 5.10 Å². The first-order chi connectivity index (χ1) is 12.0. The van der Waals surface area contributed by atoms with Gasteiger partial charge >= 0.3 is 0 Å². The molecule has 2 aromatic rings. The average molecular weight is 405 g/mol. The van der Waals surface area contributed by atoms with Gasteiger partial charge in [-0.15, -0.1) is 0 Å². The molecule has 2 aliphatic rings. The lowest BCUT2D eigenvalue weighted by Gasteiger charge is -2.30. The quantitative estimate of drug-likeness (QED) is 0.607. The Bertz CT molecular complexity index is 886. The van der Waals surface area contributed by atoms with E-state index in [0.29, 0.717) is 33.8 Å². The van der Waals surface area contributed by atoms with Crippen molar-refractivity contribution >= 4 is 33.3 Å². The van der Waals surface area contributed by atoms with Gasteiger partial charge in [-0.3, -0.25) is 0 Å². The standard InChI is InChI=1S/C18H15BrF2N4/c19-11-6-13(21)8-15(7-11)25(14-3-4-14)18-16-9-12(20)2-1-10(16)5-17(23-18)24-22/h1-2,6-9,14H,3-5,22H2/b24-17+. The lowest BCUT2D eigenvalue weighted by molar-refractivity contribution is 0.625. The summed E-state index contributed by atoms with van der Waals surface area (Å²) in [7, 11) is 0. The minimum absolute atomic E-state index is 0.195. The molecule has 0 spiro atoms. The molecule has 0 bridgehead atoms. The van der Waals surface area contributed by atoms with Gasteiger partial charge in [-0.25, -0.2) is 13.8 Å². The number of benzene rings is 2. The summed E-state index contributed by atoms with van der Waals surface area (Å²) < 4.78 is 28.4. The second-order valence-electron chi connectivity index (χ2n) is 6.19. The molecule has 0 saturated heterocycles. The molecule has 4 rings (SSSR count). The summed E-state index contributed by atoms with van der Waals surface area (Å²) in [5, 5.41) is 3.74. The van der Waals surface area contributed by atoms with Gasteiger partial charge < -0.3 is 10.7 Å². The fourth-order valence-corrected chi connectivity index (χ4v) is 3.53. The van der Waals surface area contributed by atoms with Crippen molar-refractivity contribution in [2.45, 2.75) is 25.3 Å². The number of nitrogens with two attached hydrogens (primary N) is 1. The van der Waals surface area contributed by atoms with Crippen LogP contribution in [0, 0.1) is 11.6 Å². The molecule has 0 radical (unpaired) electrons. The van der Waals surface area contributed by atoms with Gasteiger partial charge in [-0.05, 0) is 48.7 Å². The van der Waals surface area contributed by atoms with Gasteiger partial charge in [0.15, 0.2) is 5.84 Å². The number of hydrogen-bond donors (Lipinski definition) is 1. The first-order valence-electron chi connectivity index (χ1n) is 7.95. The van der Waals surface area contributed by atoms with Crippen LogP contribution in [0.25, 0.3) is 0 Å². The third kappa shape index (κ3) is 3.16. The van der Waals surface area contributed by atoms with Crippen LogP contribution >= 0.6 is 15.9 Å². The fraction of sp³-hybridized carbons (Fsp3) is 0.222. The van der Waals surface area contributed by atoms with Crippen LogP contribution in [0.3, 0.4) is 0 Å². The summed E-state index contributed by atoms with van der Waals surface area (Å²) in [6.45, 7) is 0. The third-order valence-corrected chi connectivity index (χ3v) is 4.77. The van der Waals surface area contributed by atoms with E-state index in [1.807, 2.05) is 11.0 Å². The van der Waals surface area contributed by atoms with Crippen LogP contribution in [0.15, 0.2) is 51.0 Å². The second kappa shape index (κ2) is 6.22. The van der Waals surface area contributed by atoms with Crippen LogP contribution in [0.1, 0.15) is 24.0 Å². The van der Waals surface area contributed by atoms with Crippen molar-refractivity contribution in [2.75, 3.05) is 4.90 Å². The zero-order chi connectivity index (χ0) is 17.6. The van der Waals surface area contributed by atoms with Crippen molar-refractivity contribution in [3.63, 3.8) is 0 Å². The summed E-state index contributed by atoms with van der Waals surface area (Å²) in [5.41, 5.74) is 2.26. The number of halogens is 3. The summed E-state index contributed by atoms with van der Waals surface area (Å²) in [5.74, 6) is 5.79. The summed E-state index contributed by atoms with van der Waals surface area (Å²) in [6.07, 6.45) is 2.38. The number of fused-ring (bicyclic) bond motifs is 1. The highest BCUT2D eigenvalue weighted by molar-refractivity contribution is 9.10. The topological polar surface area (TPSA) is 54.0 Å². The van der Waals surface area contributed by atoms with Gasteiger partial charge in [0.25, 0.3) is 0 Å². The molecular formula is C18H15BrF2N4. The van der Waals surface area contributed by atoms with Gasteiger partial charge in [0.05, 0.1) is 0 Å². The van der Waals surface area contributed by atoms with Crippen molar-refractivity contribution in [1.82, 2.24) is 0 Å². The van der Waals surface area contributed by atoms with Gasteiger partial charge in [0, 0.05) is 28.2 Å². The molecule has 1 aliphatic heterocycles. The third-order valence-electron chi connectivity index (χ3n) is 4.31. The lowest BCUT2D eigenvalue weighted by atomic mass is 9.99. The summed E-state index contributed by atoms with van der Waals surface area (Å²) in [6, 6.07) is 9.48. The van der Waals surface area contributed by atoms with E-state index in [1.54, 1.807) is 6.07 Å². The van der Waals surface area contributed by atoms with Gasteiger partial charge in [0.2, 0.25) is 0 Å². The summed E-state index contributed by atoms with van der Waals surface area (Å²) in [4.78, 5) is 6.50. The summed E-state index contributed by atoms with van der Waals surface area (Å²) >= 11 is 3.33. The molecular weight excluding hydrogens is 390 g/mol. The van der Waals surface area contributed by atoms with E-state index >= 15 is 0 Å². The highest BCUT2D eigenvalue weighted by atomic mass is 79.9. The SMILES string of the molecule is N/N=C1\Cc2ccc(F)cc2C(N(c2cc(F)cc(Br)c2)C2CC2)=N1. The maximum absolute atomic E-state index is 13.9. The van der Waals surface area contributed by atoms with Gasteiger partial charge in [0.1, 0.15) is 17.5 Å². The Hall–Kier alpha value is -2.28. The molecule has 2 N–H and O–H groups in total. The normalized spacial score (nSPS) is 18.0. The Morgan fingerprint density at radius 3 is 2.60 bits per heavy atom. The van der Waals surface area contributed by atoms with Gasteiger partial charge in [-0.1, -0.05) is 22.0 Å². The number of amidine groups is 2. The molecule has 4 nitrogen and oxygen atoms in total. The van der Waals surface area contributed by atoms with E-state index in [9.17, 15) is 8.78 Å². The molecule has 2 aromatic carbocycles. The Labute approximate surface area is 152 Å². The maximum Gasteiger partial charge on any atom is 0.154 e. The second-order valence-corrected chi connectivity index (χ2v) is 7.10. The number of anilines is 1. The molecule has 1 saturated carbocycles. The van der Waals surface area contributed by atoms with Crippen LogP contribution in [0.4, 0.5) is 14.5 Å². The largest absolute Gasteiger partial charge is 0.323 e. The zero-order valence-corrected chi connectivity index (χ0v) is 14.8. The zero-order valence-electron chi connectivity index (χ0n) is 13.2. The Morgan fingerprint density at radius 1 is 1.12 bits per heavy atom. The van der Waals surface area contributed by atoms with Crippen molar-refractivity contribution in [3.8, 4) is 0 Å². The molecule has 0 atom stereocenters. The van der Waals surface area contributed by atoms with Crippen LogP contribution in [-0.4, -0.2) is 17.7 Å². The van der Waals surface area contributed by atoms with Crippen LogP contribution in [-0.2, 0) is 6.42 Å². The van der Waals surface area contributed by atoms with Crippen LogP contribution in [0.5, 0.6) is 0 Å². The highest BCUT2D eigenvalue weighted by Crippen LogP contribution is 2.36. The molecule has 0 amide bonds.